The fraction of sp³-hybridized carbons (Fsp3) is 0.895. The third-order valence-electron chi connectivity index (χ3n) is 12.8. The molecule has 4 rings (SSSR count). The Labute approximate surface area is 402 Å². The minimum atomic E-state index is 0.0742. The minimum absolute atomic E-state index is 0.0742. The van der Waals surface area contributed by atoms with Crippen LogP contribution in [0.3, 0.4) is 0 Å². The van der Waals surface area contributed by atoms with Gasteiger partial charge in [0.2, 0.25) is 11.8 Å². The topological polar surface area (TPSA) is 67.9 Å². The zero-order valence-electron chi connectivity index (χ0n) is 47.3. The van der Waals surface area contributed by atoms with Gasteiger partial charge >= 0.3 is 0 Å². The van der Waals surface area contributed by atoms with E-state index in [2.05, 4.69) is 181 Å². The molecule has 1 saturated carbocycles. The Bertz CT molecular complexity index is 1240. The van der Waals surface area contributed by atoms with Crippen molar-refractivity contribution < 1.29 is 9.59 Å². The lowest BCUT2D eigenvalue weighted by molar-refractivity contribution is -0.132. The monoisotopic (exact) mass is 902 g/mol. The van der Waals surface area contributed by atoms with Crippen molar-refractivity contribution in [3.05, 3.63) is 25.3 Å². The lowest BCUT2D eigenvalue weighted by atomic mass is 9.80. The Hall–Kier alpha value is -1.70. The van der Waals surface area contributed by atoms with Crippen LogP contribution in [-0.2, 0) is 9.59 Å². The van der Waals surface area contributed by atoms with Gasteiger partial charge in [-0.25, -0.2) is 0 Å². The van der Waals surface area contributed by atoms with Gasteiger partial charge in [0.05, 0.1) is 0 Å². The molecule has 2 amide bonds. The standard InChI is InChI=1S/C13H23NO.C11H19NO.C10H21N.C8H17N.C8H19N.C7H16/c1-5-12(15)14-8-6-11(7-9-14)10-13(2,3)4;1-5-10(13)12-7-9(8-12)6-11(2,3)4;1-10(2,3)11-9-7-5-4-6-8-9;1-8(2,3)4-7-5-9-6-7;1-6-9(7-2)8(3,4)5;1-6(2)7(3,4)5/h5,11H,1,6-10H2,2-4H3;5,9H,1,6-8H2,2-4H3;9,11H,4-8H2,1-3H3;7,9H,4-6H2,1-3H3;6-7H2,1-5H3;6H,1-5H3. The van der Waals surface area contributed by atoms with E-state index in [1.807, 2.05) is 9.80 Å². The van der Waals surface area contributed by atoms with Crippen molar-refractivity contribution in [1.29, 1.82) is 0 Å². The van der Waals surface area contributed by atoms with Gasteiger partial charge in [-0.3, -0.25) is 14.5 Å². The number of rotatable bonds is 8. The van der Waals surface area contributed by atoms with Gasteiger partial charge < -0.3 is 20.4 Å². The van der Waals surface area contributed by atoms with Gasteiger partial charge in [-0.05, 0) is 170 Å². The maximum atomic E-state index is 11.4. The highest BCUT2D eigenvalue weighted by atomic mass is 16.2. The zero-order chi connectivity index (χ0) is 50.3. The van der Waals surface area contributed by atoms with Crippen LogP contribution in [0.4, 0.5) is 0 Å². The van der Waals surface area contributed by atoms with Gasteiger partial charge in [0, 0.05) is 43.3 Å². The van der Waals surface area contributed by atoms with E-state index in [9.17, 15) is 9.59 Å². The molecule has 0 unspecified atom stereocenters. The van der Waals surface area contributed by atoms with E-state index in [0.29, 0.717) is 38.7 Å². The third kappa shape index (κ3) is 34.6. The maximum Gasteiger partial charge on any atom is 0.245 e. The van der Waals surface area contributed by atoms with Crippen LogP contribution < -0.4 is 10.6 Å². The summed E-state index contributed by atoms with van der Waals surface area (Å²) >= 11 is 0. The van der Waals surface area contributed by atoms with E-state index in [1.165, 1.54) is 76.6 Å². The summed E-state index contributed by atoms with van der Waals surface area (Å²) in [6.07, 6.45) is 16.0. The summed E-state index contributed by atoms with van der Waals surface area (Å²) in [6.45, 7) is 65.2. The molecule has 2 N–H and O–H groups in total. The lowest BCUT2D eigenvalue weighted by Gasteiger charge is -2.41. The molecular formula is C57H115N5O2. The van der Waals surface area contributed by atoms with E-state index in [4.69, 9.17) is 0 Å². The van der Waals surface area contributed by atoms with Crippen LogP contribution >= 0.6 is 0 Å². The summed E-state index contributed by atoms with van der Waals surface area (Å²) in [5.74, 6) is 3.41. The largest absolute Gasteiger partial charge is 0.339 e. The number of hydrogen-bond acceptors (Lipinski definition) is 5. The molecule has 7 nitrogen and oxygen atoms in total. The van der Waals surface area contributed by atoms with Gasteiger partial charge in [-0.15, -0.1) is 0 Å². The molecule has 3 heterocycles. The summed E-state index contributed by atoms with van der Waals surface area (Å²) < 4.78 is 0. The molecule has 4 aliphatic rings. The number of nitrogens with one attached hydrogen (secondary N) is 2. The second-order valence-electron chi connectivity index (χ2n) is 26.7. The van der Waals surface area contributed by atoms with Gasteiger partial charge in [-0.1, -0.05) is 143 Å². The van der Waals surface area contributed by atoms with Crippen molar-refractivity contribution >= 4 is 11.8 Å². The molecule has 380 valence electrons. The SMILES string of the molecule is C=CC(=O)N1CC(CC(C)(C)C)C1.C=CC(=O)N1CCC(CC(C)(C)C)CC1.CC(C)(C)CC1CNC1.CC(C)(C)NC1CCCCC1.CC(C)C(C)(C)C.CCN(CC)C(C)(C)C. The molecule has 0 radical (unpaired) electrons. The third-order valence-corrected chi connectivity index (χ3v) is 12.8. The quantitative estimate of drug-likeness (QED) is 0.238. The summed E-state index contributed by atoms with van der Waals surface area (Å²) in [4.78, 5) is 28.7. The van der Waals surface area contributed by atoms with Gasteiger partial charge in [-0.2, -0.15) is 0 Å². The van der Waals surface area contributed by atoms with Crippen molar-refractivity contribution in [3.63, 3.8) is 0 Å². The van der Waals surface area contributed by atoms with Crippen molar-refractivity contribution in [1.82, 2.24) is 25.3 Å². The van der Waals surface area contributed by atoms with Gasteiger partial charge in [0.15, 0.2) is 0 Å². The van der Waals surface area contributed by atoms with E-state index < -0.39 is 0 Å². The number of amides is 2. The number of carbonyl (C=O) groups is 2. The van der Waals surface area contributed by atoms with E-state index in [0.717, 1.165) is 75.9 Å². The Morgan fingerprint density at radius 1 is 0.609 bits per heavy atom. The maximum absolute atomic E-state index is 11.4. The highest BCUT2D eigenvalue weighted by molar-refractivity contribution is 5.87. The Morgan fingerprint density at radius 3 is 1.25 bits per heavy atom. The molecule has 0 bridgehead atoms. The average Bonchev–Trinajstić information content (AvgIpc) is 3.10. The second kappa shape index (κ2) is 29.9. The van der Waals surface area contributed by atoms with Crippen molar-refractivity contribution in [2.75, 3.05) is 52.4 Å². The predicted octanol–water partition coefficient (Wildman–Crippen LogP) is 14.1. The Morgan fingerprint density at radius 2 is 0.984 bits per heavy atom. The van der Waals surface area contributed by atoms with E-state index >= 15 is 0 Å². The lowest BCUT2D eigenvalue weighted by Crippen LogP contribution is -2.50. The fourth-order valence-electron chi connectivity index (χ4n) is 8.62. The molecule has 0 aromatic rings. The Balaban J connectivity index is 0. The molecule has 0 aromatic heterocycles. The van der Waals surface area contributed by atoms with Gasteiger partial charge in [0.1, 0.15) is 0 Å². The first-order chi connectivity index (χ1) is 29.0. The van der Waals surface area contributed by atoms with Crippen LogP contribution in [0.5, 0.6) is 0 Å². The summed E-state index contributed by atoms with van der Waals surface area (Å²) in [6, 6.07) is 0.795. The smallest absolute Gasteiger partial charge is 0.245 e. The fourth-order valence-corrected chi connectivity index (χ4v) is 8.62. The van der Waals surface area contributed by atoms with E-state index in [-0.39, 0.29) is 11.8 Å². The summed E-state index contributed by atoms with van der Waals surface area (Å²) in [7, 11) is 0. The first-order valence-electron chi connectivity index (χ1n) is 26.0. The molecule has 4 fully saturated rings. The van der Waals surface area contributed by atoms with Crippen molar-refractivity contribution in [2.45, 2.75) is 234 Å². The van der Waals surface area contributed by atoms with Crippen LogP contribution in [0.15, 0.2) is 25.3 Å². The molecule has 0 atom stereocenters. The van der Waals surface area contributed by atoms with Crippen molar-refractivity contribution in [2.24, 2.45) is 45.3 Å². The molecule has 3 saturated heterocycles. The van der Waals surface area contributed by atoms with Crippen LogP contribution in [0, 0.1) is 45.3 Å². The Kier molecular flexibility index (Phi) is 30.1. The first kappa shape index (κ1) is 64.4. The molecule has 3 aliphatic heterocycles. The van der Waals surface area contributed by atoms with Crippen molar-refractivity contribution in [3.8, 4) is 0 Å². The molecule has 7 heteroatoms. The molecule has 0 aromatic carbocycles. The van der Waals surface area contributed by atoms with Crippen LogP contribution in [0.25, 0.3) is 0 Å². The normalized spacial score (nSPS) is 18.2. The zero-order valence-corrected chi connectivity index (χ0v) is 47.3. The molecule has 64 heavy (non-hydrogen) atoms. The average molecular weight is 903 g/mol. The van der Waals surface area contributed by atoms with Crippen LogP contribution in [0.2, 0.25) is 0 Å². The number of likely N-dealkylation sites (tertiary alicyclic amines) is 2. The molecule has 0 spiro atoms. The molecule has 1 aliphatic carbocycles. The van der Waals surface area contributed by atoms with Crippen LogP contribution in [-0.4, -0.2) is 96.0 Å². The highest BCUT2D eigenvalue weighted by Gasteiger charge is 2.32. The highest BCUT2D eigenvalue weighted by Crippen LogP contribution is 2.32. The molecular weight excluding hydrogens is 787 g/mol. The first-order valence-corrected chi connectivity index (χ1v) is 26.0. The van der Waals surface area contributed by atoms with Gasteiger partial charge in [0.25, 0.3) is 0 Å². The van der Waals surface area contributed by atoms with Crippen LogP contribution in [0.1, 0.15) is 217 Å². The number of carbonyl (C=O) groups excluding carboxylic acids is 2. The number of hydrogen-bond donors (Lipinski definition) is 2. The predicted molar refractivity (Wildman–Crippen MR) is 285 cm³/mol. The summed E-state index contributed by atoms with van der Waals surface area (Å²) in [5, 5.41) is 6.94. The second-order valence-corrected chi connectivity index (χ2v) is 26.7. The summed E-state index contributed by atoms with van der Waals surface area (Å²) in [5.41, 5.74) is 2.49. The number of piperidine rings is 1. The van der Waals surface area contributed by atoms with E-state index in [1.54, 1.807) is 0 Å². The number of nitrogens with zero attached hydrogens (tertiary/aromatic N) is 3. The minimum Gasteiger partial charge on any atom is -0.339 e.